The first-order chi connectivity index (χ1) is 9.04. The number of nitrogens with two attached hydrogens (primary N) is 1. The van der Waals surface area contributed by atoms with Gasteiger partial charge in [-0.15, -0.1) is 0 Å². The molecule has 1 rings (SSSR count). The minimum atomic E-state index is -1.36. The summed E-state index contributed by atoms with van der Waals surface area (Å²) in [5.74, 6) is -2.41. The fourth-order valence-corrected chi connectivity index (χ4v) is 1.60. The highest BCUT2D eigenvalue weighted by Crippen LogP contribution is 2.15. The maximum absolute atomic E-state index is 13.1. The van der Waals surface area contributed by atoms with E-state index in [0.717, 1.165) is 31.4 Å². The number of halogens is 1. The number of hydrogen-bond donors (Lipinski definition) is 3. The third kappa shape index (κ3) is 5.05. The third-order valence-corrected chi connectivity index (χ3v) is 2.59. The molecule has 19 heavy (non-hydrogen) atoms. The molecule has 0 saturated carbocycles. The van der Waals surface area contributed by atoms with Crippen LogP contribution < -0.4 is 11.1 Å². The van der Waals surface area contributed by atoms with Crippen LogP contribution in [0.15, 0.2) is 18.2 Å². The molecule has 0 aliphatic rings. The van der Waals surface area contributed by atoms with E-state index in [4.69, 9.17) is 10.8 Å². The van der Waals surface area contributed by atoms with E-state index in [1.807, 2.05) is 0 Å². The molecule has 0 saturated heterocycles. The highest BCUT2D eigenvalue weighted by atomic mass is 19.1. The lowest BCUT2D eigenvalue weighted by molar-refractivity contribution is -0.116. The predicted octanol–water partition coefficient (Wildman–Crippen LogP) is 1.98. The minimum Gasteiger partial charge on any atom is -0.478 e. The van der Waals surface area contributed by atoms with Gasteiger partial charge in [-0.25, -0.2) is 9.18 Å². The normalized spacial score (nSPS) is 10.2. The van der Waals surface area contributed by atoms with Crippen LogP contribution in [-0.2, 0) is 4.79 Å². The molecule has 1 amide bonds. The second-order valence-corrected chi connectivity index (χ2v) is 4.15. The fourth-order valence-electron chi connectivity index (χ4n) is 1.60. The van der Waals surface area contributed by atoms with Gasteiger partial charge in [-0.05, 0) is 37.6 Å². The summed E-state index contributed by atoms with van der Waals surface area (Å²) in [5.41, 5.74) is 5.16. The van der Waals surface area contributed by atoms with Gasteiger partial charge in [0.1, 0.15) is 5.82 Å². The zero-order valence-corrected chi connectivity index (χ0v) is 10.5. The zero-order chi connectivity index (χ0) is 14.3. The Kier molecular flexibility index (Phi) is 5.95. The van der Waals surface area contributed by atoms with Crippen LogP contribution in [0.1, 0.15) is 36.0 Å². The van der Waals surface area contributed by atoms with Crippen LogP contribution in [-0.4, -0.2) is 23.5 Å². The van der Waals surface area contributed by atoms with Crippen molar-refractivity contribution >= 4 is 17.6 Å². The van der Waals surface area contributed by atoms with E-state index in [9.17, 15) is 14.0 Å². The second kappa shape index (κ2) is 7.48. The molecule has 0 aliphatic carbocycles. The molecule has 1 aromatic rings. The Hall–Kier alpha value is -1.95. The Balaban J connectivity index is 2.55. The summed E-state index contributed by atoms with van der Waals surface area (Å²) in [7, 11) is 0. The van der Waals surface area contributed by atoms with Crippen molar-refractivity contribution < 1.29 is 19.1 Å². The number of carbonyl (C=O) groups is 2. The number of unbranched alkanes of at least 4 members (excludes halogenated alkanes) is 2. The maximum Gasteiger partial charge on any atom is 0.338 e. The molecule has 0 radical (unpaired) electrons. The van der Waals surface area contributed by atoms with Gasteiger partial charge < -0.3 is 16.2 Å². The third-order valence-electron chi connectivity index (χ3n) is 2.59. The molecule has 104 valence electrons. The molecular formula is C13H17FN2O3. The number of aromatic carboxylic acids is 1. The Morgan fingerprint density at radius 2 is 2.00 bits per heavy atom. The van der Waals surface area contributed by atoms with Crippen LogP contribution in [0.4, 0.5) is 10.1 Å². The van der Waals surface area contributed by atoms with Crippen molar-refractivity contribution in [3.05, 3.63) is 29.6 Å². The predicted molar refractivity (Wildman–Crippen MR) is 69.5 cm³/mol. The first-order valence-corrected chi connectivity index (χ1v) is 6.07. The molecule has 0 aliphatic heterocycles. The van der Waals surface area contributed by atoms with Gasteiger partial charge in [-0.2, -0.15) is 0 Å². The first kappa shape index (κ1) is 15.1. The van der Waals surface area contributed by atoms with E-state index >= 15 is 0 Å². The van der Waals surface area contributed by atoms with E-state index in [0.29, 0.717) is 13.0 Å². The van der Waals surface area contributed by atoms with Gasteiger partial charge in [-0.1, -0.05) is 6.42 Å². The fraction of sp³-hybridized carbons (Fsp3) is 0.385. The zero-order valence-electron chi connectivity index (χ0n) is 10.5. The summed E-state index contributed by atoms with van der Waals surface area (Å²) in [5, 5.41) is 11.3. The average molecular weight is 268 g/mol. The van der Waals surface area contributed by atoms with Crippen LogP contribution in [0, 0.1) is 5.82 Å². The number of nitrogens with one attached hydrogen (secondary N) is 1. The van der Waals surface area contributed by atoms with Gasteiger partial charge in [0.2, 0.25) is 5.91 Å². The van der Waals surface area contributed by atoms with E-state index in [1.54, 1.807) is 0 Å². The van der Waals surface area contributed by atoms with Crippen LogP contribution in [0.3, 0.4) is 0 Å². The van der Waals surface area contributed by atoms with Crippen LogP contribution >= 0.6 is 0 Å². The SMILES string of the molecule is NCCCCCC(=O)Nc1ccc(F)c(C(=O)O)c1. The van der Waals surface area contributed by atoms with Crippen LogP contribution in [0.25, 0.3) is 0 Å². The summed E-state index contributed by atoms with van der Waals surface area (Å²) in [6.45, 7) is 0.599. The van der Waals surface area contributed by atoms with Gasteiger partial charge in [0.05, 0.1) is 5.56 Å². The van der Waals surface area contributed by atoms with E-state index in [-0.39, 0.29) is 11.6 Å². The number of hydrogen-bond acceptors (Lipinski definition) is 3. The molecule has 0 fully saturated rings. The summed E-state index contributed by atoms with van der Waals surface area (Å²) in [6.07, 6.45) is 2.79. The molecule has 4 N–H and O–H groups in total. The Bertz CT molecular complexity index is 463. The lowest BCUT2D eigenvalue weighted by atomic mass is 10.1. The molecule has 0 heterocycles. The quantitative estimate of drug-likeness (QED) is 0.659. The smallest absolute Gasteiger partial charge is 0.338 e. The Morgan fingerprint density at radius 3 is 2.63 bits per heavy atom. The molecule has 1 aromatic carbocycles. The molecular weight excluding hydrogens is 251 g/mol. The van der Waals surface area contributed by atoms with Crippen molar-refractivity contribution in [2.75, 3.05) is 11.9 Å². The second-order valence-electron chi connectivity index (χ2n) is 4.15. The lowest BCUT2D eigenvalue weighted by Crippen LogP contribution is -2.12. The molecule has 0 unspecified atom stereocenters. The maximum atomic E-state index is 13.1. The van der Waals surface area contributed by atoms with Crippen molar-refractivity contribution in [2.24, 2.45) is 5.73 Å². The first-order valence-electron chi connectivity index (χ1n) is 6.07. The molecule has 5 nitrogen and oxygen atoms in total. The topological polar surface area (TPSA) is 92.4 Å². The van der Waals surface area contributed by atoms with Crippen molar-refractivity contribution in [3.63, 3.8) is 0 Å². The number of anilines is 1. The molecule has 0 aromatic heterocycles. The Morgan fingerprint density at radius 1 is 1.26 bits per heavy atom. The standard InChI is InChI=1S/C13H17FN2O3/c14-11-6-5-9(8-10(11)13(18)19)16-12(17)4-2-1-3-7-15/h5-6,8H,1-4,7,15H2,(H,16,17)(H,18,19). The van der Waals surface area contributed by atoms with Gasteiger partial charge in [0.15, 0.2) is 0 Å². The highest BCUT2D eigenvalue weighted by Gasteiger charge is 2.11. The summed E-state index contributed by atoms with van der Waals surface area (Å²) in [6, 6.07) is 3.46. The van der Waals surface area contributed by atoms with Gasteiger partial charge in [-0.3, -0.25) is 4.79 Å². The summed E-state index contributed by atoms with van der Waals surface area (Å²) < 4.78 is 13.1. The van der Waals surface area contributed by atoms with E-state index < -0.39 is 17.3 Å². The summed E-state index contributed by atoms with van der Waals surface area (Å²) >= 11 is 0. The molecule has 6 heteroatoms. The number of carbonyl (C=O) groups excluding carboxylic acids is 1. The number of carboxylic acids is 1. The lowest BCUT2D eigenvalue weighted by Gasteiger charge is -2.06. The Labute approximate surface area is 110 Å². The summed E-state index contributed by atoms with van der Waals surface area (Å²) in [4.78, 5) is 22.3. The van der Waals surface area contributed by atoms with Gasteiger partial charge >= 0.3 is 5.97 Å². The monoisotopic (exact) mass is 268 g/mol. The van der Waals surface area contributed by atoms with E-state index in [1.165, 1.54) is 6.07 Å². The number of benzene rings is 1. The van der Waals surface area contributed by atoms with Crippen molar-refractivity contribution in [3.8, 4) is 0 Å². The van der Waals surface area contributed by atoms with Gasteiger partial charge in [0.25, 0.3) is 0 Å². The minimum absolute atomic E-state index is 0.222. The highest BCUT2D eigenvalue weighted by molar-refractivity contribution is 5.94. The molecule has 0 spiro atoms. The number of carboxylic acid groups (broad SMARTS) is 1. The number of amides is 1. The van der Waals surface area contributed by atoms with Crippen molar-refractivity contribution in [2.45, 2.75) is 25.7 Å². The van der Waals surface area contributed by atoms with Crippen LogP contribution in [0.2, 0.25) is 0 Å². The molecule has 0 atom stereocenters. The van der Waals surface area contributed by atoms with Crippen LogP contribution in [0.5, 0.6) is 0 Å². The van der Waals surface area contributed by atoms with Gasteiger partial charge in [0, 0.05) is 12.1 Å². The average Bonchev–Trinajstić information content (AvgIpc) is 2.36. The van der Waals surface area contributed by atoms with Crippen molar-refractivity contribution in [1.82, 2.24) is 0 Å². The van der Waals surface area contributed by atoms with E-state index in [2.05, 4.69) is 5.32 Å². The number of rotatable bonds is 7. The largest absolute Gasteiger partial charge is 0.478 e. The van der Waals surface area contributed by atoms with Crippen molar-refractivity contribution in [1.29, 1.82) is 0 Å². The molecule has 0 bridgehead atoms.